The van der Waals surface area contributed by atoms with E-state index in [1.807, 2.05) is 6.07 Å². The summed E-state index contributed by atoms with van der Waals surface area (Å²) in [5.41, 5.74) is 11.0. The van der Waals surface area contributed by atoms with Crippen molar-refractivity contribution in [3.05, 3.63) is 205 Å². The summed E-state index contributed by atoms with van der Waals surface area (Å²) in [5, 5.41) is 5.81. The number of hydrogen-bond acceptors (Lipinski definition) is 4. The molecule has 4 heteroatoms. The zero-order valence-electron chi connectivity index (χ0n) is 31.0. The number of furan rings is 1. The molecule has 0 saturated heterocycles. The molecule has 11 rings (SSSR count). The van der Waals surface area contributed by atoms with Gasteiger partial charge in [-0.05, 0) is 92.2 Å². The lowest BCUT2D eigenvalue weighted by atomic mass is 9.82. The summed E-state index contributed by atoms with van der Waals surface area (Å²) >= 11 is 0. The van der Waals surface area contributed by atoms with Crippen molar-refractivity contribution in [2.24, 2.45) is 0 Å². The standard InChI is InChI=1S/C53H35N3O/c1-3-11-34(12-4-1)38-17-9-18-43(30-38)51-54-52(44-25-21-36-15-7-8-16-37(36)31-44)56-53(55-51)45-26-23-39-29-42(24-22-40(39)32-45)46-19-10-20-49-50(46)47-33-41(27-28-48(47)57-49)35-13-5-2-6-14-35/h1-18,20-33,46H,19H2. The lowest BCUT2D eigenvalue weighted by Gasteiger charge is -2.20. The lowest BCUT2D eigenvalue weighted by molar-refractivity contribution is 0.590. The molecule has 8 aromatic carbocycles. The number of benzene rings is 8. The van der Waals surface area contributed by atoms with Gasteiger partial charge in [0, 0.05) is 33.6 Å². The summed E-state index contributed by atoms with van der Waals surface area (Å²) in [6.07, 6.45) is 5.29. The van der Waals surface area contributed by atoms with E-state index in [1.54, 1.807) is 0 Å². The van der Waals surface area contributed by atoms with Gasteiger partial charge in [-0.2, -0.15) is 0 Å². The summed E-state index contributed by atoms with van der Waals surface area (Å²) in [4.78, 5) is 15.3. The molecule has 268 valence electrons. The highest BCUT2D eigenvalue weighted by molar-refractivity contribution is 5.92. The smallest absolute Gasteiger partial charge is 0.164 e. The van der Waals surface area contributed by atoms with Gasteiger partial charge in [-0.15, -0.1) is 0 Å². The van der Waals surface area contributed by atoms with Crippen LogP contribution in [0.2, 0.25) is 0 Å². The molecule has 1 atom stereocenters. The zero-order valence-corrected chi connectivity index (χ0v) is 31.0. The third kappa shape index (κ3) is 6.09. The van der Waals surface area contributed by atoms with Crippen LogP contribution < -0.4 is 0 Å². The Morgan fingerprint density at radius 3 is 1.65 bits per heavy atom. The highest BCUT2D eigenvalue weighted by Crippen LogP contribution is 2.43. The molecule has 0 radical (unpaired) electrons. The van der Waals surface area contributed by atoms with Gasteiger partial charge in [-0.3, -0.25) is 0 Å². The molecule has 0 bridgehead atoms. The van der Waals surface area contributed by atoms with E-state index < -0.39 is 0 Å². The number of hydrogen-bond donors (Lipinski definition) is 0. The van der Waals surface area contributed by atoms with Gasteiger partial charge in [-0.25, -0.2) is 15.0 Å². The maximum absolute atomic E-state index is 6.41. The van der Waals surface area contributed by atoms with Crippen LogP contribution in [0.3, 0.4) is 0 Å². The quantitative estimate of drug-likeness (QED) is 0.171. The monoisotopic (exact) mass is 729 g/mol. The molecular weight excluding hydrogens is 695 g/mol. The number of nitrogens with zero attached hydrogens (tertiary/aromatic N) is 3. The van der Waals surface area contributed by atoms with Crippen LogP contribution in [0.5, 0.6) is 0 Å². The first-order chi connectivity index (χ1) is 28.2. The average Bonchev–Trinajstić information content (AvgIpc) is 3.67. The molecule has 0 N–H and O–H groups in total. The van der Waals surface area contributed by atoms with E-state index >= 15 is 0 Å². The van der Waals surface area contributed by atoms with Crippen LogP contribution in [-0.4, -0.2) is 15.0 Å². The fraction of sp³-hybridized carbons (Fsp3) is 0.0377. The second-order valence-corrected chi connectivity index (χ2v) is 14.8. The number of allylic oxidation sites excluding steroid dienone is 1. The summed E-state index contributed by atoms with van der Waals surface area (Å²) < 4.78 is 6.41. The molecule has 0 spiro atoms. The first-order valence-electron chi connectivity index (χ1n) is 19.4. The molecule has 0 saturated carbocycles. The lowest BCUT2D eigenvalue weighted by Crippen LogP contribution is -2.04. The van der Waals surface area contributed by atoms with E-state index in [1.165, 1.54) is 38.4 Å². The Morgan fingerprint density at radius 2 is 0.930 bits per heavy atom. The van der Waals surface area contributed by atoms with Gasteiger partial charge in [-0.1, -0.05) is 158 Å². The van der Waals surface area contributed by atoms with Gasteiger partial charge in [0.2, 0.25) is 0 Å². The first-order valence-corrected chi connectivity index (χ1v) is 19.4. The third-order valence-corrected chi connectivity index (χ3v) is 11.2. The minimum Gasteiger partial charge on any atom is -0.456 e. The topological polar surface area (TPSA) is 51.8 Å². The van der Waals surface area contributed by atoms with Crippen LogP contribution in [-0.2, 0) is 0 Å². The molecule has 0 fully saturated rings. The maximum Gasteiger partial charge on any atom is 0.164 e. The first kappa shape index (κ1) is 33.0. The van der Waals surface area contributed by atoms with E-state index in [-0.39, 0.29) is 5.92 Å². The van der Waals surface area contributed by atoms with Crippen molar-refractivity contribution in [3.8, 4) is 56.4 Å². The van der Waals surface area contributed by atoms with Crippen molar-refractivity contribution in [1.82, 2.24) is 15.0 Å². The molecule has 2 heterocycles. The van der Waals surface area contributed by atoms with E-state index in [2.05, 4.69) is 188 Å². The molecule has 0 aliphatic heterocycles. The molecule has 1 aliphatic rings. The summed E-state index contributed by atoms with van der Waals surface area (Å²) in [6, 6.07) is 64.1. The van der Waals surface area contributed by atoms with Crippen LogP contribution in [0.4, 0.5) is 0 Å². The van der Waals surface area contributed by atoms with Crippen molar-refractivity contribution >= 4 is 38.6 Å². The van der Waals surface area contributed by atoms with Gasteiger partial charge in [0.25, 0.3) is 0 Å². The Labute approximate surface area is 330 Å². The van der Waals surface area contributed by atoms with Crippen LogP contribution in [0.25, 0.3) is 95.0 Å². The van der Waals surface area contributed by atoms with Crippen LogP contribution in [0.15, 0.2) is 192 Å². The normalized spacial score (nSPS) is 13.6. The number of fused-ring (bicyclic) bond motifs is 5. The summed E-state index contributed by atoms with van der Waals surface area (Å²) in [5.74, 6) is 3.05. The van der Waals surface area contributed by atoms with Gasteiger partial charge in [0.1, 0.15) is 11.3 Å². The largest absolute Gasteiger partial charge is 0.456 e. The van der Waals surface area contributed by atoms with Gasteiger partial charge in [0.05, 0.1) is 0 Å². The van der Waals surface area contributed by atoms with Gasteiger partial charge >= 0.3 is 0 Å². The molecule has 1 aliphatic carbocycles. The highest BCUT2D eigenvalue weighted by Gasteiger charge is 2.26. The second kappa shape index (κ2) is 13.7. The van der Waals surface area contributed by atoms with Crippen molar-refractivity contribution in [3.63, 3.8) is 0 Å². The number of rotatable bonds is 6. The van der Waals surface area contributed by atoms with Gasteiger partial charge < -0.3 is 4.42 Å². The Hall–Kier alpha value is -7.43. The van der Waals surface area contributed by atoms with Crippen LogP contribution in [0.1, 0.15) is 29.2 Å². The molecule has 4 nitrogen and oxygen atoms in total. The van der Waals surface area contributed by atoms with E-state index in [0.29, 0.717) is 17.5 Å². The summed E-state index contributed by atoms with van der Waals surface area (Å²) in [6.45, 7) is 0. The Bertz CT molecular complexity index is 3160. The zero-order chi connectivity index (χ0) is 37.7. The molecular formula is C53H35N3O. The van der Waals surface area contributed by atoms with Crippen LogP contribution in [0, 0.1) is 0 Å². The fourth-order valence-corrected chi connectivity index (χ4v) is 8.34. The predicted octanol–water partition coefficient (Wildman–Crippen LogP) is 13.8. The highest BCUT2D eigenvalue weighted by atomic mass is 16.3. The molecule has 2 aromatic heterocycles. The van der Waals surface area contributed by atoms with E-state index in [4.69, 9.17) is 19.4 Å². The SMILES string of the molecule is C1=Cc2oc3ccc(-c4ccccc4)cc3c2C(c2ccc3cc(-c4nc(-c5cccc(-c6ccccc6)c5)nc(-c5ccc6ccccc6c5)n4)ccc3c2)C1. The van der Waals surface area contributed by atoms with Gasteiger partial charge in [0.15, 0.2) is 17.5 Å². The predicted molar refractivity (Wildman–Crippen MR) is 234 cm³/mol. The number of aromatic nitrogens is 3. The minimum absolute atomic E-state index is 0.184. The van der Waals surface area contributed by atoms with Crippen molar-refractivity contribution < 1.29 is 4.42 Å². The molecule has 57 heavy (non-hydrogen) atoms. The summed E-state index contributed by atoms with van der Waals surface area (Å²) in [7, 11) is 0. The van der Waals surface area contributed by atoms with Crippen molar-refractivity contribution in [2.45, 2.75) is 12.3 Å². The van der Waals surface area contributed by atoms with Crippen molar-refractivity contribution in [1.29, 1.82) is 0 Å². The third-order valence-electron chi connectivity index (χ3n) is 11.2. The Kier molecular flexibility index (Phi) is 7.92. The second-order valence-electron chi connectivity index (χ2n) is 14.8. The minimum atomic E-state index is 0.184. The maximum atomic E-state index is 6.41. The van der Waals surface area contributed by atoms with E-state index in [9.17, 15) is 0 Å². The van der Waals surface area contributed by atoms with Crippen LogP contribution >= 0.6 is 0 Å². The van der Waals surface area contributed by atoms with E-state index in [0.717, 1.165) is 56.4 Å². The molecule has 0 amide bonds. The fourth-order valence-electron chi connectivity index (χ4n) is 8.34. The average molecular weight is 730 g/mol. The Balaban J connectivity index is 0.992. The van der Waals surface area contributed by atoms with Crippen molar-refractivity contribution in [2.75, 3.05) is 0 Å². The molecule has 1 unspecified atom stereocenters. The Morgan fingerprint density at radius 1 is 0.404 bits per heavy atom. The molecule has 10 aromatic rings.